The Morgan fingerprint density at radius 2 is 0.806 bits per heavy atom. The molecule has 0 aromatic heterocycles. The van der Waals surface area contributed by atoms with E-state index in [1.54, 1.807) is 6.51 Å². The Morgan fingerprint density at radius 1 is 0.484 bits per heavy atom. The summed E-state index contributed by atoms with van der Waals surface area (Å²) in [6.45, 7) is 36.0. The summed E-state index contributed by atoms with van der Waals surface area (Å²) >= 11 is 2.53. The molecule has 62 heavy (non-hydrogen) atoms. The molecular formula is C58H74Cl2Hf2. The third-order valence-corrected chi connectivity index (χ3v) is 10.2. The number of hydrogen-bond donors (Lipinski definition) is 0. The topological polar surface area (TPSA) is 0 Å². The molecule has 0 saturated carbocycles. The number of benzene rings is 4. The van der Waals surface area contributed by atoms with Crippen LogP contribution in [0.2, 0.25) is 0 Å². The minimum atomic E-state index is 0. The van der Waals surface area contributed by atoms with Crippen molar-refractivity contribution >= 4 is 31.3 Å². The van der Waals surface area contributed by atoms with E-state index in [2.05, 4.69) is 208 Å². The number of rotatable bonds is 0. The Bertz CT molecular complexity index is 2030. The number of fused-ring (bicyclic) bond motifs is 6. The van der Waals surface area contributed by atoms with Crippen LogP contribution in [0.1, 0.15) is 168 Å². The Labute approximate surface area is 421 Å². The van der Waals surface area contributed by atoms with Gasteiger partial charge in [0.2, 0.25) is 0 Å². The molecule has 0 bridgehead atoms. The first-order valence-electron chi connectivity index (χ1n) is 21.6. The fraction of sp³-hybridized carbons (Fsp3) is 0.414. The van der Waals surface area contributed by atoms with Gasteiger partial charge in [0.05, 0.1) is 0 Å². The van der Waals surface area contributed by atoms with Crippen LogP contribution >= 0.6 is 24.8 Å². The van der Waals surface area contributed by atoms with Crippen LogP contribution < -0.4 is 0 Å². The summed E-state index contributed by atoms with van der Waals surface area (Å²) < 4.78 is 3.11. The minimum absolute atomic E-state index is 0. The Balaban J connectivity index is 0.000000434. The maximum absolute atomic E-state index is 3.55. The second-order valence-corrected chi connectivity index (χ2v) is 27.8. The Kier molecular flexibility index (Phi) is 23.9. The molecule has 0 saturated heterocycles. The maximum Gasteiger partial charge on any atom is -0.109 e. The standard InChI is InChI=1S/2C21H25.2C5H5.2C3H6.2ClH.2Hf/c2*1-20(2,3)15-11-10-14-12-18-16(17(14)13-15)8-7-9-19(18)21(4,5)6;2*1-2-4-5-3-1;2*1-3-2;;;;/h2*7-9,11,13H,12H2,1-6H3;2*1-3H,4H2;2*1-2H3;2*1H;;/q4*-1;;;;;2*+2. The fourth-order valence-corrected chi connectivity index (χ4v) is 7.19. The molecule has 0 atom stereocenters. The Hall–Kier alpha value is -2.10. The van der Waals surface area contributed by atoms with Crippen molar-refractivity contribution in [1.29, 1.82) is 0 Å². The van der Waals surface area contributed by atoms with Crippen molar-refractivity contribution in [2.24, 2.45) is 0 Å². The van der Waals surface area contributed by atoms with Gasteiger partial charge < -0.3 is 0 Å². The fourth-order valence-electron chi connectivity index (χ4n) is 7.19. The van der Waals surface area contributed by atoms with E-state index in [4.69, 9.17) is 0 Å². The normalized spacial score (nSPS) is 13.2. The van der Waals surface area contributed by atoms with Crippen LogP contribution in [-0.2, 0) is 82.3 Å². The molecule has 0 nitrogen and oxygen atoms in total. The van der Waals surface area contributed by atoms with Crippen LogP contribution in [0.15, 0.2) is 97.1 Å². The molecule has 0 fully saturated rings. The van der Waals surface area contributed by atoms with E-state index in [-0.39, 0.29) is 46.5 Å². The predicted molar refractivity (Wildman–Crippen MR) is 272 cm³/mol. The first kappa shape index (κ1) is 57.9. The molecule has 4 aliphatic carbocycles. The SMILES string of the molecule is CC(C)(C)c1c[c-]c2c(c1)-c1cccc(C(C)(C)C)c1C2.CC(C)(C)c1c[c-]c2c(c1)-c1cccc(C(C)(C)C)c1C2.C[C](C)=[Hf+2].C[C](C)=[Hf+2].Cl.Cl.[C-]1=CC=CC1.[C-]1=CC=CC1. The van der Waals surface area contributed by atoms with Gasteiger partial charge >= 0.3 is 82.0 Å². The van der Waals surface area contributed by atoms with Crippen molar-refractivity contribution in [1.82, 2.24) is 0 Å². The van der Waals surface area contributed by atoms with E-state index >= 15 is 0 Å². The van der Waals surface area contributed by atoms with E-state index in [1.165, 1.54) is 115 Å². The van der Waals surface area contributed by atoms with E-state index in [0.717, 1.165) is 25.7 Å². The second-order valence-electron chi connectivity index (χ2n) is 20.6. The van der Waals surface area contributed by atoms with Gasteiger partial charge in [0.25, 0.3) is 0 Å². The second kappa shape index (κ2) is 25.6. The average Bonchev–Trinajstić information content (AvgIpc) is 3.97. The smallest absolute Gasteiger partial charge is 0.109 e. The van der Waals surface area contributed by atoms with Gasteiger partial charge in [-0.3, -0.25) is 12.2 Å². The summed E-state index contributed by atoms with van der Waals surface area (Å²) in [5.74, 6) is 0. The number of hydrogen-bond acceptors (Lipinski definition) is 0. The van der Waals surface area contributed by atoms with E-state index in [1.807, 2.05) is 24.3 Å². The van der Waals surface area contributed by atoms with Crippen LogP contribution in [0.3, 0.4) is 0 Å². The molecule has 0 radical (unpaired) electrons. The molecule has 0 aliphatic heterocycles. The molecule has 0 N–H and O–H groups in total. The summed E-state index contributed by atoms with van der Waals surface area (Å²) in [5, 5.41) is 0. The molecule has 0 unspecified atom stereocenters. The molecule has 4 aromatic rings. The van der Waals surface area contributed by atoms with E-state index in [9.17, 15) is 0 Å². The first-order chi connectivity index (χ1) is 27.8. The molecular weight excluding hydrogens is 1120 g/mol. The van der Waals surface area contributed by atoms with Crippen LogP contribution in [0.5, 0.6) is 0 Å². The molecule has 4 heteroatoms. The first-order valence-corrected chi connectivity index (χ1v) is 25.2. The van der Waals surface area contributed by atoms with E-state index in [0.29, 0.717) is 0 Å². The summed E-state index contributed by atoms with van der Waals surface area (Å²) in [6.07, 6.45) is 22.1. The zero-order valence-corrected chi connectivity index (χ0v) is 49.7. The van der Waals surface area contributed by atoms with Gasteiger partial charge in [-0.1, -0.05) is 141 Å². The van der Waals surface area contributed by atoms with Crippen molar-refractivity contribution in [3.8, 4) is 22.3 Å². The molecule has 0 spiro atoms. The summed E-state index contributed by atoms with van der Waals surface area (Å²) in [4.78, 5) is 0. The van der Waals surface area contributed by atoms with Gasteiger partial charge in [-0.2, -0.15) is 70.8 Å². The third-order valence-electron chi connectivity index (χ3n) is 10.2. The molecule has 4 aliphatic rings. The molecule has 8 rings (SSSR count). The van der Waals surface area contributed by atoms with Gasteiger partial charge in [-0.15, -0.1) is 48.8 Å². The molecule has 4 aromatic carbocycles. The van der Waals surface area contributed by atoms with Gasteiger partial charge in [0.1, 0.15) is 0 Å². The van der Waals surface area contributed by atoms with Gasteiger partial charge in [-0.25, -0.2) is 24.3 Å². The van der Waals surface area contributed by atoms with Crippen LogP contribution in [0, 0.1) is 24.3 Å². The van der Waals surface area contributed by atoms with Gasteiger partial charge in [0.15, 0.2) is 0 Å². The van der Waals surface area contributed by atoms with Crippen molar-refractivity contribution in [3.05, 3.63) is 166 Å². The quantitative estimate of drug-likeness (QED) is 0.105. The zero-order valence-electron chi connectivity index (χ0n) is 40.9. The molecule has 0 heterocycles. The zero-order chi connectivity index (χ0) is 45.1. The average molecular weight is 1200 g/mol. The monoisotopic (exact) mass is 1200 g/mol. The van der Waals surface area contributed by atoms with Gasteiger partial charge in [-0.05, 0) is 45.9 Å². The molecule has 328 valence electrons. The predicted octanol–water partition coefficient (Wildman–Crippen LogP) is 16.3. The number of allylic oxidation sites excluding steroid dienone is 8. The molecule has 0 amide bonds. The van der Waals surface area contributed by atoms with E-state index < -0.39 is 0 Å². The van der Waals surface area contributed by atoms with Crippen molar-refractivity contribution < 1.29 is 47.8 Å². The van der Waals surface area contributed by atoms with Crippen LogP contribution in [-0.4, -0.2) is 6.51 Å². The maximum atomic E-state index is 3.55. The van der Waals surface area contributed by atoms with Crippen LogP contribution in [0.4, 0.5) is 0 Å². The largest absolute Gasteiger partial charge is 0.273 e. The summed E-state index contributed by atoms with van der Waals surface area (Å²) in [6, 6.07) is 29.8. The summed E-state index contributed by atoms with van der Waals surface area (Å²) in [7, 11) is 0. The van der Waals surface area contributed by atoms with Crippen molar-refractivity contribution in [3.63, 3.8) is 0 Å². The third kappa shape index (κ3) is 18.1. The van der Waals surface area contributed by atoms with Crippen LogP contribution in [0.25, 0.3) is 22.3 Å². The van der Waals surface area contributed by atoms with Crippen molar-refractivity contribution in [2.75, 3.05) is 0 Å². The minimum Gasteiger partial charge on any atom is -0.273 e. The Morgan fingerprint density at radius 3 is 1.03 bits per heavy atom. The number of halogens is 2. The van der Waals surface area contributed by atoms with Gasteiger partial charge in [0, 0.05) is 0 Å². The summed E-state index contributed by atoms with van der Waals surface area (Å²) in [5.41, 5.74) is 17.8. The van der Waals surface area contributed by atoms with Crippen molar-refractivity contribution in [2.45, 2.75) is 158 Å².